The molecule has 3 rings (SSSR count). The Morgan fingerprint density at radius 3 is 2.20 bits per heavy atom. The van der Waals surface area contributed by atoms with Gasteiger partial charge < -0.3 is 19.3 Å². The van der Waals surface area contributed by atoms with Gasteiger partial charge in [-0.3, -0.25) is 10.1 Å². The SMILES string of the molecule is O=C(O)C([C@@H]1C=C[C@H](OCc2ccccc2)[C@@H](COCc2ccccc2)O1)[N+](=O)[O-]. The van der Waals surface area contributed by atoms with Gasteiger partial charge in [-0.15, -0.1) is 0 Å². The monoisotopic (exact) mass is 413 g/mol. The van der Waals surface area contributed by atoms with Crippen molar-refractivity contribution in [2.24, 2.45) is 0 Å². The van der Waals surface area contributed by atoms with Crippen LogP contribution in [0.5, 0.6) is 0 Å². The number of aliphatic carboxylic acids is 1. The predicted octanol–water partition coefficient (Wildman–Crippen LogP) is 2.84. The van der Waals surface area contributed by atoms with Gasteiger partial charge in [-0.1, -0.05) is 66.7 Å². The third-order valence-electron chi connectivity index (χ3n) is 4.66. The van der Waals surface area contributed by atoms with E-state index in [2.05, 4.69) is 0 Å². The molecule has 1 N–H and O–H groups in total. The van der Waals surface area contributed by atoms with Crippen LogP contribution in [0, 0.1) is 10.1 Å². The molecular formula is C22H23NO7. The minimum absolute atomic E-state index is 0.0965. The van der Waals surface area contributed by atoms with Crippen LogP contribution in [0.4, 0.5) is 0 Å². The van der Waals surface area contributed by atoms with E-state index in [1.807, 2.05) is 60.7 Å². The number of carboxylic acids is 1. The van der Waals surface area contributed by atoms with E-state index >= 15 is 0 Å². The van der Waals surface area contributed by atoms with Crippen molar-refractivity contribution in [1.29, 1.82) is 0 Å². The molecule has 0 fully saturated rings. The van der Waals surface area contributed by atoms with Crippen LogP contribution in [0.1, 0.15) is 11.1 Å². The molecule has 0 aliphatic carbocycles. The zero-order valence-corrected chi connectivity index (χ0v) is 16.2. The molecule has 1 aliphatic rings. The fourth-order valence-electron chi connectivity index (χ4n) is 3.13. The summed E-state index contributed by atoms with van der Waals surface area (Å²) in [5.74, 6) is -1.55. The minimum Gasteiger partial charge on any atom is -0.476 e. The highest BCUT2D eigenvalue weighted by molar-refractivity contribution is 5.73. The molecule has 0 aromatic heterocycles. The predicted molar refractivity (Wildman–Crippen MR) is 107 cm³/mol. The molecule has 0 spiro atoms. The number of nitrogens with zero attached hydrogens (tertiary/aromatic N) is 1. The normalized spacial score (nSPS) is 21.8. The molecule has 2 aromatic rings. The number of rotatable bonds is 10. The summed E-state index contributed by atoms with van der Waals surface area (Å²) in [6.07, 6.45) is 0.574. The quantitative estimate of drug-likeness (QED) is 0.362. The molecule has 1 heterocycles. The summed E-state index contributed by atoms with van der Waals surface area (Å²) < 4.78 is 17.4. The van der Waals surface area contributed by atoms with E-state index in [1.54, 1.807) is 6.08 Å². The van der Waals surface area contributed by atoms with Crippen LogP contribution >= 0.6 is 0 Å². The van der Waals surface area contributed by atoms with Crippen molar-refractivity contribution in [1.82, 2.24) is 0 Å². The Labute approximate surface area is 173 Å². The first-order valence-corrected chi connectivity index (χ1v) is 9.52. The van der Waals surface area contributed by atoms with E-state index in [-0.39, 0.29) is 6.61 Å². The van der Waals surface area contributed by atoms with E-state index in [0.717, 1.165) is 11.1 Å². The Balaban J connectivity index is 1.68. The van der Waals surface area contributed by atoms with E-state index in [0.29, 0.717) is 13.2 Å². The van der Waals surface area contributed by atoms with Crippen LogP contribution in [-0.4, -0.2) is 47.0 Å². The fourth-order valence-corrected chi connectivity index (χ4v) is 3.13. The Hall–Kier alpha value is -3.07. The van der Waals surface area contributed by atoms with Crippen LogP contribution in [0.2, 0.25) is 0 Å². The lowest BCUT2D eigenvalue weighted by Crippen LogP contribution is -2.49. The van der Waals surface area contributed by atoms with Gasteiger partial charge in [-0.05, 0) is 17.2 Å². The molecule has 0 amide bonds. The maximum Gasteiger partial charge on any atom is 0.382 e. The van der Waals surface area contributed by atoms with Crippen LogP contribution in [-0.2, 0) is 32.2 Å². The Morgan fingerprint density at radius 1 is 1.03 bits per heavy atom. The number of nitro groups is 1. The molecule has 8 nitrogen and oxygen atoms in total. The largest absolute Gasteiger partial charge is 0.476 e. The molecule has 1 aliphatic heterocycles. The zero-order chi connectivity index (χ0) is 21.3. The lowest BCUT2D eigenvalue weighted by molar-refractivity contribution is -0.521. The number of carbonyl (C=O) groups is 1. The number of benzene rings is 2. The van der Waals surface area contributed by atoms with Crippen LogP contribution in [0.25, 0.3) is 0 Å². The molecule has 0 radical (unpaired) electrons. The molecule has 0 saturated heterocycles. The lowest BCUT2D eigenvalue weighted by atomic mass is 10.0. The lowest BCUT2D eigenvalue weighted by Gasteiger charge is -2.32. The Kier molecular flexibility index (Phi) is 7.67. The first kappa shape index (κ1) is 21.6. The van der Waals surface area contributed by atoms with E-state index < -0.39 is 35.2 Å². The van der Waals surface area contributed by atoms with Gasteiger partial charge in [0.25, 0.3) is 0 Å². The Bertz CT molecular complexity index is 842. The number of hydrogen-bond donors (Lipinski definition) is 1. The average Bonchev–Trinajstić information content (AvgIpc) is 2.74. The maximum atomic E-state index is 11.3. The van der Waals surface area contributed by atoms with E-state index in [4.69, 9.17) is 14.2 Å². The summed E-state index contributed by atoms with van der Waals surface area (Å²) in [6, 6.07) is 17.2. The highest BCUT2D eigenvalue weighted by Crippen LogP contribution is 2.22. The molecule has 2 aromatic carbocycles. The molecular weight excluding hydrogens is 390 g/mol. The number of ether oxygens (including phenoxy) is 3. The van der Waals surface area contributed by atoms with E-state index in [1.165, 1.54) is 6.08 Å². The fraction of sp³-hybridized carbons (Fsp3) is 0.318. The van der Waals surface area contributed by atoms with Gasteiger partial charge in [0.1, 0.15) is 12.2 Å². The average molecular weight is 413 g/mol. The summed E-state index contributed by atoms with van der Waals surface area (Å²) in [5.41, 5.74) is 1.93. The molecule has 0 saturated carbocycles. The van der Waals surface area contributed by atoms with Crippen LogP contribution in [0.15, 0.2) is 72.8 Å². The highest BCUT2D eigenvalue weighted by atomic mass is 16.6. The van der Waals surface area contributed by atoms with Crippen molar-refractivity contribution in [3.05, 3.63) is 94.1 Å². The van der Waals surface area contributed by atoms with Crippen LogP contribution < -0.4 is 0 Å². The summed E-state index contributed by atoms with van der Waals surface area (Å²) in [5, 5.41) is 20.4. The van der Waals surface area contributed by atoms with Gasteiger partial charge in [-0.2, -0.15) is 0 Å². The summed E-state index contributed by atoms with van der Waals surface area (Å²) in [7, 11) is 0. The number of carboxylic acid groups (broad SMARTS) is 1. The summed E-state index contributed by atoms with van der Waals surface area (Å²) in [4.78, 5) is 21.6. The zero-order valence-electron chi connectivity index (χ0n) is 16.2. The highest BCUT2D eigenvalue weighted by Gasteiger charge is 2.43. The van der Waals surface area contributed by atoms with Gasteiger partial charge in [0, 0.05) is 4.92 Å². The van der Waals surface area contributed by atoms with Gasteiger partial charge >= 0.3 is 12.0 Å². The van der Waals surface area contributed by atoms with Crippen molar-refractivity contribution >= 4 is 5.97 Å². The first-order valence-electron chi connectivity index (χ1n) is 9.52. The standard InChI is InChI=1S/C22H23NO7/c24-22(25)21(23(26)27)19-12-11-18(29-14-17-9-5-2-6-10-17)20(30-19)15-28-13-16-7-3-1-4-8-16/h1-12,18-21H,13-15H2,(H,24,25)/t18-,19-,20+,21?/m0/s1. The van der Waals surface area contributed by atoms with Crippen molar-refractivity contribution in [2.75, 3.05) is 6.61 Å². The first-order chi connectivity index (χ1) is 14.5. The van der Waals surface area contributed by atoms with Gasteiger partial charge in [0.2, 0.25) is 0 Å². The summed E-state index contributed by atoms with van der Waals surface area (Å²) in [6.45, 7) is 0.744. The van der Waals surface area contributed by atoms with Gasteiger partial charge in [-0.25, -0.2) is 4.79 Å². The smallest absolute Gasteiger partial charge is 0.382 e. The second-order valence-corrected chi connectivity index (χ2v) is 6.85. The third kappa shape index (κ3) is 5.96. The van der Waals surface area contributed by atoms with E-state index in [9.17, 15) is 20.0 Å². The second kappa shape index (κ2) is 10.6. The van der Waals surface area contributed by atoms with Crippen molar-refractivity contribution in [3.63, 3.8) is 0 Å². The molecule has 4 atom stereocenters. The Morgan fingerprint density at radius 2 is 1.63 bits per heavy atom. The molecule has 8 heteroatoms. The van der Waals surface area contributed by atoms with Crippen molar-refractivity contribution in [2.45, 2.75) is 37.6 Å². The maximum absolute atomic E-state index is 11.3. The van der Waals surface area contributed by atoms with Gasteiger partial charge in [0.05, 0.1) is 19.8 Å². The molecule has 1 unspecified atom stereocenters. The second-order valence-electron chi connectivity index (χ2n) is 6.85. The summed E-state index contributed by atoms with van der Waals surface area (Å²) >= 11 is 0. The molecule has 0 bridgehead atoms. The number of hydrogen-bond acceptors (Lipinski definition) is 6. The molecule has 158 valence electrons. The van der Waals surface area contributed by atoms with Crippen molar-refractivity contribution in [3.8, 4) is 0 Å². The van der Waals surface area contributed by atoms with Gasteiger partial charge in [0.15, 0.2) is 6.10 Å². The van der Waals surface area contributed by atoms with Crippen LogP contribution in [0.3, 0.4) is 0 Å². The van der Waals surface area contributed by atoms with Crippen molar-refractivity contribution < 1.29 is 29.0 Å². The third-order valence-corrected chi connectivity index (χ3v) is 4.66. The molecule has 30 heavy (non-hydrogen) atoms. The minimum atomic E-state index is -1.90. The topological polar surface area (TPSA) is 108 Å².